The summed E-state index contributed by atoms with van der Waals surface area (Å²) in [6.07, 6.45) is 6.47. The first-order chi connectivity index (χ1) is 12.1. The van der Waals surface area contributed by atoms with Crippen molar-refractivity contribution in [1.29, 1.82) is 5.41 Å². The summed E-state index contributed by atoms with van der Waals surface area (Å²) in [6.45, 7) is 2.41. The predicted molar refractivity (Wildman–Crippen MR) is 105 cm³/mol. The molecular weight excluding hydrogens is 330 g/mol. The molecule has 6 nitrogen and oxygen atoms in total. The fraction of sp³-hybridized carbons (Fsp3) is 0.550. The quantitative estimate of drug-likeness (QED) is 0.520. The minimum absolute atomic E-state index is 0. The van der Waals surface area contributed by atoms with Crippen LogP contribution in [0.1, 0.15) is 52.0 Å². The molecule has 1 unspecified atom stereocenters. The minimum atomic E-state index is -0.283. The normalized spacial score (nSPS) is 16.5. The van der Waals surface area contributed by atoms with Gasteiger partial charge in [-0.1, -0.05) is 38.5 Å². The van der Waals surface area contributed by atoms with Gasteiger partial charge in [-0.25, -0.2) is 4.99 Å². The highest BCUT2D eigenvalue weighted by molar-refractivity contribution is 5.77. The number of hydrogen-bond acceptors (Lipinski definition) is 4. The molecule has 1 fully saturated rings. The van der Waals surface area contributed by atoms with Crippen LogP contribution in [0.5, 0.6) is 5.75 Å². The van der Waals surface area contributed by atoms with Gasteiger partial charge >= 0.3 is 0 Å². The van der Waals surface area contributed by atoms with Crippen LogP contribution in [0, 0.1) is 5.41 Å². The van der Waals surface area contributed by atoms with Gasteiger partial charge in [0.1, 0.15) is 18.2 Å². The van der Waals surface area contributed by atoms with E-state index in [1.807, 2.05) is 18.2 Å². The minimum Gasteiger partial charge on any atom is -0.496 e. The second-order valence-corrected chi connectivity index (χ2v) is 6.50. The number of methoxy groups -OCH3 is 1. The third-order valence-electron chi connectivity index (χ3n) is 4.76. The molecule has 0 radical (unpaired) electrons. The number of rotatable bonds is 9. The Balaban J connectivity index is 0.00000338. The Hall–Kier alpha value is -2.37. The molecule has 0 bridgehead atoms. The second kappa shape index (κ2) is 10.6. The van der Waals surface area contributed by atoms with Gasteiger partial charge in [-0.05, 0) is 25.8 Å². The Morgan fingerprint density at radius 2 is 2.08 bits per heavy atom. The molecule has 0 saturated heterocycles. The third kappa shape index (κ3) is 5.58. The lowest BCUT2D eigenvalue weighted by atomic mass is 9.78. The van der Waals surface area contributed by atoms with E-state index >= 15 is 0 Å². The molecule has 1 aliphatic rings. The molecule has 1 saturated carbocycles. The van der Waals surface area contributed by atoms with Crippen LogP contribution in [-0.2, 0) is 14.9 Å². The maximum absolute atomic E-state index is 12.3. The molecule has 1 atom stereocenters. The van der Waals surface area contributed by atoms with Crippen molar-refractivity contribution in [2.75, 3.05) is 13.7 Å². The standard InChI is InChI=1S/C19H27N3O3.CH4/c1-15(25-14-21-13-20)11-18(23)22-12-19(9-5-6-10-19)16-7-3-4-8-17(16)24-2;/h3-4,7-8,13-15,20H,5-6,9-12H2,1-2H3,(H,22,23);1H4. The number of carbonyl (C=O) groups excluding carboxylic acids is 1. The number of benzene rings is 1. The number of aliphatic imine (C=N–C) groups is 1. The number of ether oxygens (including phenoxy) is 2. The fourth-order valence-corrected chi connectivity index (χ4v) is 3.49. The highest BCUT2D eigenvalue weighted by atomic mass is 16.5. The van der Waals surface area contributed by atoms with Gasteiger partial charge in [0.2, 0.25) is 5.91 Å². The Morgan fingerprint density at radius 3 is 2.73 bits per heavy atom. The molecule has 2 N–H and O–H groups in total. The van der Waals surface area contributed by atoms with Crippen LogP contribution >= 0.6 is 0 Å². The maximum atomic E-state index is 12.3. The van der Waals surface area contributed by atoms with Crippen LogP contribution in [0.3, 0.4) is 0 Å². The first-order valence-corrected chi connectivity index (χ1v) is 8.67. The third-order valence-corrected chi connectivity index (χ3v) is 4.76. The van der Waals surface area contributed by atoms with Crippen molar-refractivity contribution >= 4 is 18.6 Å². The average molecular weight is 361 g/mol. The number of amides is 1. The molecule has 0 aromatic heterocycles. The van der Waals surface area contributed by atoms with Crippen molar-refractivity contribution in [3.63, 3.8) is 0 Å². The van der Waals surface area contributed by atoms with Gasteiger partial charge < -0.3 is 14.8 Å². The van der Waals surface area contributed by atoms with Gasteiger partial charge in [0.25, 0.3) is 0 Å². The van der Waals surface area contributed by atoms with Crippen molar-refractivity contribution in [2.45, 2.75) is 58.0 Å². The highest BCUT2D eigenvalue weighted by Crippen LogP contribution is 2.44. The van der Waals surface area contributed by atoms with Crippen LogP contribution in [0.2, 0.25) is 0 Å². The van der Waals surface area contributed by atoms with Crippen molar-refractivity contribution in [3.05, 3.63) is 29.8 Å². The van der Waals surface area contributed by atoms with E-state index in [0.29, 0.717) is 6.54 Å². The molecule has 1 aromatic rings. The summed E-state index contributed by atoms with van der Waals surface area (Å²) in [6, 6.07) is 8.09. The van der Waals surface area contributed by atoms with E-state index < -0.39 is 0 Å². The van der Waals surface area contributed by atoms with Gasteiger partial charge in [-0.2, -0.15) is 0 Å². The zero-order valence-corrected chi connectivity index (χ0v) is 15.0. The smallest absolute Gasteiger partial charge is 0.223 e. The molecule has 0 heterocycles. The molecule has 2 rings (SSSR count). The van der Waals surface area contributed by atoms with Gasteiger partial charge in [-0.3, -0.25) is 10.2 Å². The monoisotopic (exact) mass is 361 g/mol. The van der Waals surface area contributed by atoms with E-state index in [2.05, 4.69) is 16.4 Å². The first-order valence-electron chi connectivity index (χ1n) is 8.67. The lowest BCUT2D eigenvalue weighted by molar-refractivity contribution is -0.122. The van der Waals surface area contributed by atoms with Crippen LogP contribution in [0.25, 0.3) is 0 Å². The first kappa shape index (κ1) is 21.7. The van der Waals surface area contributed by atoms with Crippen LogP contribution < -0.4 is 10.1 Å². The summed E-state index contributed by atoms with van der Waals surface area (Å²) in [5, 5.41) is 9.87. The number of nitrogens with one attached hydrogen (secondary N) is 2. The van der Waals surface area contributed by atoms with Gasteiger partial charge in [0.15, 0.2) is 6.40 Å². The van der Waals surface area contributed by atoms with E-state index in [0.717, 1.165) is 37.8 Å². The maximum Gasteiger partial charge on any atom is 0.223 e. The summed E-state index contributed by atoms with van der Waals surface area (Å²) in [5.74, 6) is 0.843. The summed E-state index contributed by atoms with van der Waals surface area (Å²) in [5.41, 5.74) is 1.12. The zero-order chi connectivity index (χ0) is 18.1. The van der Waals surface area contributed by atoms with Gasteiger partial charge in [0.05, 0.1) is 13.5 Å². The highest BCUT2D eigenvalue weighted by Gasteiger charge is 2.38. The van der Waals surface area contributed by atoms with Gasteiger partial charge in [0, 0.05) is 17.5 Å². The van der Waals surface area contributed by atoms with E-state index in [4.69, 9.17) is 14.9 Å². The predicted octanol–water partition coefficient (Wildman–Crippen LogP) is 3.69. The van der Waals surface area contributed by atoms with Crippen LogP contribution in [-0.4, -0.2) is 38.4 Å². The lowest BCUT2D eigenvalue weighted by Crippen LogP contribution is -2.40. The van der Waals surface area contributed by atoms with Crippen molar-refractivity contribution in [2.24, 2.45) is 4.99 Å². The van der Waals surface area contributed by atoms with Crippen LogP contribution in [0.15, 0.2) is 29.3 Å². The number of para-hydroxylation sites is 1. The summed E-state index contributed by atoms with van der Waals surface area (Å²) >= 11 is 0. The number of nitrogens with zero attached hydrogens (tertiary/aromatic N) is 1. The van der Waals surface area contributed by atoms with E-state index in [-0.39, 0.29) is 31.3 Å². The fourth-order valence-electron chi connectivity index (χ4n) is 3.49. The average Bonchev–Trinajstić information content (AvgIpc) is 3.10. The Labute approximate surface area is 156 Å². The molecule has 1 amide bonds. The summed E-state index contributed by atoms with van der Waals surface area (Å²) in [4.78, 5) is 15.8. The molecule has 1 aliphatic carbocycles. The topological polar surface area (TPSA) is 83.8 Å². The lowest BCUT2D eigenvalue weighted by Gasteiger charge is -2.31. The van der Waals surface area contributed by atoms with Crippen molar-refractivity contribution in [1.82, 2.24) is 5.32 Å². The summed E-state index contributed by atoms with van der Waals surface area (Å²) in [7, 11) is 1.69. The Morgan fingerprint density at radius 1 is 1.38 bits per heavy atom. The molecule has 144 valence electrons. The molecule has 6 heteroatoms. The van der Waals surface area contributed by atoms with E-state index in [1.54, 1.807) is 14.0 Å². The largest absolute Gasteiger partial charge is 0.496 e. The summed E-state index contributed by atoms with van der Waals surface area (Å²) < 4.78 is 10.8. The molecular formula is C20H31N3O3. The molecule has 26 heavy (non-hydrogen) atoms. The Kier molecular flexibility index (Phi) is 8.82. The van der Waals surface area contributed by atoms with E-state index in [1.165, 1.54) is 12.0 Å². The Bertz CT molecular complexity index is 610. The zero-order valence-electron chi connectivity index (χ0n) is 15.0. The van der Waals surface area contributed by atoms with E-state index in [9.17, 15) is 4.79 Å². The number of carbonyl (C=O) groups is 1. The van der Waals surface area contributed by atoms with Gasteiger partial charge in [-0.15, -0.1) is 0 Å². The second-order valence-electron chi connectivity index (χ2n) is 6.50. The van der Waals surface area contributed by atoms with Crippen LogP contribution in [0.4, 0.5) is 0 Å². The number of hydrogen-bond donors (Lipinski definition) is 2. The van der Waals surface area contributed by atoms with Crippen molar-refractivity contribution < 1.29 is 14.3 Å². The van der Waals surface area contributed by atoms with Crippen molar-refractivity contribution in [3.8, 4) is 5.75 Å². The molecule has 0 aliphatic heterocycles. The molecule has 0 spiro atoms. The molecule has 1 aromatic carbocycles. The SMILES string of the molecule is C.COc1ccccc1C1(CNC(=O)CC(C)OC=NC=N)CCCC1.